The van der Waals surface area contributed by atoms with Crippen LogP contribution in [0.3, 0.4) is 0 Å². The zero-order valence-electron chi connectivity index (χ0n) is 11.8. The van der Waals surface area contributed by atoms with Crippen molar-refractivity contribution in [3.05, 3.63) is 39.8 Å². The van der Waals surface area contributed by atoms with Crippen LogP contribution in [-0.4, -0.2) is 19.7 Å². The van der Waals surface area contributed by atoms with E-state index in [-0.39, 0.29) is 5.56 Å². The van der Waals surface area contributed by atoms with Crippen molar-refractivity contribution in [1.29, 1.82) is 0 Å². The molecule has 2 aromatic heterocycles. The van der Waals surface area contributed by atoms with Gasteiger partial charge in [-0.1, -0.05) is 27.6 Å². The van der Waals surface area contributed by atoms with E-state index in [0.717, 1.165) is 39.1 Å². The van der Waals surface area contributed by atoms with E-state index in [0.29, 0.717) is 0 Å². The van der Waals surface area contributed by atoms with Gasteiger partial charge in [-0.25, -0.2) is 0 Å². The van der Waals surface area contributed by atoms with E-state index in [2.05, 4.69) is 27.1 Å². The molecule has 4 nitrogen and oxygen atoms in total. The van der Waals surface area contributed by atoms with Gasteiger partial charge >= 0.3 is 0 Å². The van der Waals surface area contributed by atoms with E-state index >= 15 is 0 Å². The number of hydrogen-bond donors (Lipinski definition) is 0. The molecule has 1 aromatic carbocycles. The Bertz CT molecular complexity index is 876. The standard InChI is InChI=1S/C15H16BrN3O/c1-9-6-10(4-5-16)13-11(7-9)15(20)18(2)14-12(13)8-17-19(14)3/h6-8H,4-5H2,1-3H3. The van der Waals surface area contributed by atoms with E-state index in [9.17, 15) is 4.79 Å². The molecule has 0 aliphatic heterocycles. The van der Waals surface area contributed by atoms with Gasteiger partial charge in [0.25, 0.3) is 5.56 Å². The fourth-order valence-corrected chi connectivity index (χ4v) is 3.36. The first-order valence-electron chi connectivity index (χ1n) is 6.54. The maximum Gasteiger partial charge on any atom is 0.259 e. The molecule has 0 atom stereocenters. The zero-order chi connectivity index (χ0) is 14.4. The highest BCUT2D eigenvalue weighted by molar-refractivity contribution is 9.09. The van der Waals surface area contributed by atoms with E-state index in [1.54, 1.807) is 16.3 Å². The van der Waals surface area contributed by atoms with Crippen LogP contribution in [-0.2, 0) is 20.5 Å². The lowest BCUT2D eigenvalue weighted by atomic mass is 9.99. The number of hydrogen-bond acceptors (Lipinski definition) is 2. The Morgan fingerprint density at radius 2 is 2.00 bits per heavy atom. The lowest BCUT2D eigenvalue weighted by Crippen LogP contribution is -2.19. The summed E-state index contributed by atoms with van der Waals surface area (Å²) in [6.45, 7) is 2.03. The summed E-state index contributed by atoms with van der Waals surface area (Å²) in [6.07, 6.45) is 2.75. The second kappa shape index (κ2) is 4.74. The van der Waals surface area contributed by atoms with Crippen LogP contribution in [0.5, 0.6) is 0 Å². The minimum atomic E-state index is 0.0376. The number of rotatable bonds is 2. The van der Waals surface area contributed by atoms with Gasteiger partial charge in [0.2, 0.25) is 0 Å². The number of fused-ring (bicyclic) bond motifs is 3. The number of halogens is 1. The summed E-state index contributed by atoms with van der Waals surface area (Å²) in [5, 5.41) is 8.06. The monoisotopic (exact) mass is 333 g/mol. The van der Waals surface area contributed by atoms with Gasteiger partial charge in [0.05, 0.1) is 6.20 Å². The number of alkyl halides is 1. The van der Waals surface area contributed by atoms with Crippen LogP contribution in [0, 0.1) is 6.92 Å². The third-order valence-corrected chi connectivity index (χ3v) is 4.15. The van der Waals surface area contributed by atoms with Gasteiger partial charge in [-0.05, 0) is 25.0 Å². The average Bonchev–Trinajstić information content (AvgIpc) is 2.78. The maximum atomic E-state index is 12.6. The van der Waals surface area contributed by atoms with Crippen molar-refractivity contribution in [3.63, 3.8) is 0 Å². The van der Waals surface area contributed by atoms with Crippen molar-refractivity contribution in [1.82, 2.24) is 14.3 Å². The van der Waals surface area contributed by atoms with Crippen LogP contribution < -0.4 is 5.56 Å². The van der Waals surface area contributed by atoms with Gasteiger partial charge in [0.1, 0.15) is 5.65 Å². The van der Waals surface area contributed by atoms with Gasteiger partial charge in [-0.2, -0.15) is 5.10 Å². The van der Waals surface area contributed by atoms with Crippen LogP contribution in [0.2, 0.25) is 0 Å². The summed E-state index contributed by atoms with van der Waals surface area (Å²) in [5.41, 5.74) is 3.22. The lowest BCUT2D eigenvalue weighted by molar-refractivity contribution is 0.749. The van der Waals surface area contributed by atoms with Crippen LogP contribution in [0.1, 0.15) is 11.1 Å². The number of benzene rings is 1. The van der Waals surface area contributed by atoms with Crippen molar-refractivity contribution >= 4 is 37.7 Å². The predicted octanol–water partition coefficient (Wildman–Crippen LogP) is 2.67. The highest BCUT2D eigenvalue weighted by atomic mass is 79.9. The molecule has 2 heterocycles. The fourth-order valence-electron chi connectivity index (χ4n) is 2.93. The van der Waals surface area contributed by atoms with Gasteiger partial charge in [0.15, 0.2) is 0 Å². The second-order valence-electron chi connectivity index (χ2n) is 5.16. The molecule has 20 heavy (non-hydrogen) atoms. The molecule has 3 rings (SSSR count). The third kappa shape index (κ3) is 1.80. The second-order valence-corrected chi connectivity index (χ2v) is 5.95. The molecule has 5 heteroatoms. The van der Waals surface area contributed by atoms with Gasteiger partial charge in [-0.3, -0.25) is 14.0 Å². The summed E-state index contributed by atoms with van der Waals surface area (Å²) < 4.78 is 3.44. The molecule has 0 radical (unpaired) electrons. The Morgan fingerprint density at radius 3 is 2.70 bits per heavy atom. The van der Waals surface area contributed by atoms with Gasteiger partial charge < -0.3 is 0 Å². The first-order valence-corrected chi connectivity index (χ1v) is 7.66. The molecular formula is C15H16BrN3O. The molecule has 0 aliphatic carbocycles. The Kier molecular flexibility index (Phi) is 3.17. The molecule has 0 aliphatic rings. The molecular weight excluding hydrogens is 318 g/mol. The SMILES string of the molecule is Cc1cc(CCBr)c2c(c1)c(=O)n(C)c1c2cnn1C. The van der Waals surface area contributed by atoms with Crippen molar-refractivity contribution in [2.75, 3.05) is 5.33 Å². The van der Waals surface area contributed by atoms with E-state index in [1.165, 1.54) is 5.56 Å². The minimum Gasteiger partial charge on any atom is -0.296 e. The average molecular weight is 334 g/mol. The summed E-state index contributed by atoms with van der Waals surface area (Å²) >= 11 is 3.49. The molecule has 0 fully saturated rings. The number of aromatic nitrogens is 3. The summed E-state index contributed by atoms with van der Waals surface area (Å²) in [7, 11) is 3.67. The molecule has 0 amide bonds. The van der Waals surface area contributed by atoms with Crippen molar-refractivity contribution in [3.8, 4) is 0 Å². The summed E-state index contributed by atoms with van der Waals surface area (Å²) in [5.74, 6) is 0. The van der Waals surface area contributed by atoms with E-state index in [4.69, 9.17) is 0 Å². The lowest BCUT2D eigenvalue weighted by Gasteiger charge is -2.11. The molecule has 104 valence electrons. The Labute approximate surface area is 125 Å². The highest BCUT2D eigenvalue weighted by Gasteiger charge is 2.15. The maximum absolute atomic E-state index is 12.6. The van der Waals surface area contributed by atoms with Crippen molar-refractivity contribution in [2.24, 2.45) is 14.1 Å². The molecule has 0 spiro atoms. The molecule has 0 saturated heterocycles. The molecule has 0 unspecified atom stereocenters. The zero-order valence-corrected chi connectivity index (χ0v) is 13.4. The van der Waals surface area contributed by atoms with E-state index < -0.39 is 0 Å². The molecule has 0 saturated carbocycles. The van der Waals surface area contributed by atoms with Crippen LogP contribution in [0.25, 0.3) is 21.8 Å². The molecule has 3 aromatic rings. The first kappa shape index (κ1) is 13.4. The minimum absolute atomic E-state index is 0.0376. The molecule has 0 N–H and O–H groups in total. The Hall–Kier alpha value is -1.62. The summed E-state index contributed by atoms with van der Waals surface area (Å²) in [4.78, 5) is 12.6. The number of pyridine rings is 1. The third-order valence-electron chi connectivity index (χ3n) is 3.76. The van der Waals surface area contributed by atoms with Gasteiger partial charge in [-0.15, -0.1) is 0 Å². The topological polar surface area (TPSA) is 39.8 Å². The van der Waals surface area contributed by atoms with Crippen molar-refractivity contribution in [2.45, 2.75) is 13.3 Å². The first-order chi connectivity index (χ1) is 9.54. The summed E-state index contributed by atoms with van der Waals surface area (Å²) in [6, 6.07) is 4.14. The Morgan fingerprint density at radius 1 is 1.25 bits per heavy atom. The quantitative estimate of drug-likeness (QED) is 0.676. The van der Waals surface area contributed by atoms with Crippen LogP contribution >= 0.6 is 15.9 Å². The number of aryl methyl sites for hydroxylation is 4. The van der Waals surface area contributed by atoms with Gasteiger partial charge in [0, 0.05) is 35.6 Å². The van der Waals surface area contributed by atoms with Crippen LogP contribution in [0.15, 0.2) is 23.1 Å². The Balaban J connectivity index is 2.62. The molecule has 0 bridgehead atoms. The van der Waals surface area contributed by atoms with Crippen molar-refractivity contribution < 1.29 is 0 Å². The highest BCUT2D eigenvalue weighted by Crippen LogP contribution is 2.27. The normalized spacial score (nSPS) is 11.6. The van der Waals surface area contributed by atoms with E-state index in [1.807, 2.05) is 26.2 Å². The number of nitrogens with zero attached hydrogens (tertiary/aromatic N) is 3. The smallest absolute Gasteiger partial charge is 0.259 e. The van der Waals surface area contributed by atoms with Crippen LogP contribution in [0.4, 0.5) is 0 Å². The fraction of sp³-hybridized carbons (Fsp3) is 0.333. The predicted molar refractivity (Wildman–Crippen MR) is 85.7 cm³/mol. The largest absolute Gasteiger partial charge is 0.296 e.